The summed E-state index contributed by atoms with van der Waals surface area (Å²) >= 11 is 4.76. The van der Waals surface area contributed by atoms with Gasteiger partial charge in [0, 0.05) is 10.0 Å². The minimum absolute atomic E-state index is 0.0236. The highest BCUT2D eigenvalue weighted by molar-refractivity contribution is 9.10. The number of carbonyl (C=O) groups is 1. The first-order valence-electron chi connectivity index (χ1n) is 12.3. The number of ether oxygens (including phenoxy) is 3. The third-order valence-corrected chi connectivity index (χ3v) is 7.44. The van der Waals surface area contributed by atoms with Gasteiger partial charge in [-0.05, 0) is 62.2 Å². The molecule has 2 heterocycles. The minimum atomic E-state index is -0.791. The number of nitrogens with zero attached hydrogens (tertiary/aromatic N) is 2. The Labute approximate surface area is 232 Å². The van der Waals surface area contributed by atoms with Crippen molar-refractivity contribution in [2.24, 2.45) is 4.99 Å². The molecule has 0 radical (unpaired) electrons. The first kappa shape index (κ1) is 27.7. The molecule has 0 amide bonds. The Morgan fingerprint density at radius 1 is 1.16 bits per heavy atom. The lowest BCUT2D eigenvalue weighted by Gasteiger charge is -2.27. The van der Waals surface area contributed by atoms with Crippen molar-refractivity contribution in [1.82, 2.24) is 4.57 Å². The largest absolute Gasteiger partial charge is 0.504 e. The summed E-state index contributed by atoms with van der Waals surface area (Å²) in [7, 11) is 1.55. The topological polar surface area (TPSA) is 99.4 Å². The van der Waals surface area contributed by atoms with Crippen LogP contribution in [-0.2, 0) is 9.53 Å². The Hall–Kier alpha value is -3.37. The van der Waals surface area contributed by atoms with E-state index in [0.717, 1.165) is 10.9 Å². The van der Waals surface area contributed by atoms with Crippen molar-refractivity contribution in [1.29, 1.82) is 0 Å². The first-order valence-corrected chi connectivity index (χ1v) is 13.9. The van der Waals surface area contributed by atoms with E-state index in [4.69, 9.17) is 19.2 Å². The fourth-order valence-corrected chi connectivity index (χ4v) is 5.78. The molecule has 10 heteroatoms. The van der Waals surface area contributed by atoms with Gasteiger partial charge in [0.05, 0.1) is 36.1 Å². The standard InChI is InChI=1S/C28H29BrN2O6S/c1-5-8-19-24(27(34)37-7-3)25(18-15-17(29)10-12-21(18)35-4)31-26(33)23(38-28(31)30-19)14-16-9-11-20(32)22(13-16)36-6-2/h9-15,25,32H,5-8H2,1-4H3/b23-14+/t25-/m0/s1. The van der Waals surface area contributed by atoms with Gasteiger partial charge in [0.15, 0.2) is 16.3 Å². The van der Waals surface area contributed by atoms with Crippen molar-refractivity contribution in [2.45, 2.75) is 39.7 Å². The molecule has 0 spiro atoms. The number of phenolic OH excluding ortho intramolecular Hbond substituents is 1. The maximum Gasteiger partial charge on any atom is 0.338 e. The number of phenols is 1. The molecule has 0 bridgehead atoms. The van der Waals surface area contributed by atoms with Crippen molar-refractivity contribution in [3.8, 4) is 17.2 Å². The first-order chi connectivity index (χ1) is 18.3. The monoisotopic (exact) mass is 600 g/mol. The molecule has 1 atom stereocenters. The van der Waals surface area contributed by atoms with Crippen LogP contribution in [0.15, 0.2) is 61.9 Å². The zero-order valence-corrected chi connectivity index (χ0v) is 24.0. The molecular weight excluding hydrogens is 572 g/mol. The quantitative estimate of drug-likeness (QED) is 0.364. The predicted octanol–water partition coefficient (Wildman–Crippen LogP) is 4.45. The molecule has 1 N–H and O–H groups in total. The number of hydrogen-bond acceptors (Lipinski definition) is 8. The van der Waals surface area contributed by atoms with Gasteiger partial charge in [0.25, 0.3) is 5.56 Å². The van der Waals surface area contributed by atoms with E-state index in [1.165, 1.54) is 22.0 Å². The Morgan fingerprint density at radius 2 is 1.95 bits per heavy atom. The number of methoxy groups -OCH3 is 1. The third kappa shape index (κ3) is 5.42. The highest BCUT2D eigenvalue weighted by atomic mass is 79.9. The van der Waals surface area contributed by atoms with Crippen LogP contribution in [0.25, 0.3) is 6.08 Å². The number of allylic oxidation sites excluding steroid dienone is 1. The second-order valence-electron chi connectivity index (χ2n) is 8.46. The Kier molecular flexibility index (Phi) is 8.73. The van der Waals surface area contributed by atoms with Gasteiger partial charge in [-0.2, -0.15) is 0 Å². The van der Waals surface area contributed by atoms with Crippen molar-refractivity contribution >= 4 is 39.3 Å². The molecule has 8 nitrogen and oxygen atoms in total. The van der Waals surface area contributed by atoms with Crippen LogP contribution < -0.4 is 24.4 Å². The molecule has 38 heavy (non-hydrogen) atoms. The number of hydrogen-bond donors (Lipinski definition) is 1. The van der Waals surface area contributed by atoms with Crippen LogP contribution in [-0.4, -0.2) is 36.0 Å². The van der Waals surface area contributed by atoms with Crippen LogP contribution in [0.1, 0.15) is 50.8 Å². The van der Waals surface area contributed by atoms with Gasteiger partial charge in [0.2, 0.25) is 0 Å². The predicted molar refractivity (Wildman–Crippen MR) is 150 cm³/mol. The number of rotatable bonds is 9. The summed E-state index contributed by atoms with van der Waals surface area (Å²) in [6.07, 6.45) is 3.03. The molecule has 2 aromatic carbocycles. The van der Waals surface area contributed by atoms with Gasteiger partial charge in [-0.1, -0.05) is 46.7 Å². The second-order valence-corrected chi connectivity index (χ2v) is 10.4. The summed E-state index contributed by atoms with van der Waals surface area (Å²) < 4.78 is 19.4. The van der Waals surface area contributed by atoms with Crippen LogP contribution in [0.2, 0.25) is 0 Å². The number of aromatic hydroxyl groups is 1. The van der Waals surface area contributed by atoms with Crippen molar-refractivity contribution in [2.75, 3.05) is 20.3 Å². The SMILES string of the molecule is CCCC1=C(C(=O)OCC)[C@H](c2cc(Br)ccc2OC)n2c(s/c(=C/c3ccc(O)c(OCC)c3)c2=O)=N1. The molecule has 0 aliphatic carbocycles. The maximum atomic E-state index is 13.9. The molecule has 3 aromatic rings. The number of fused-ring (bicyclic) bond motifs is 1. The zero-order chi connectivity index (χ0) is 27.4. The van der Waals surface area contributed by atoms with Crippen molar-refractivity contribution in [3.05, 3.63) is 83.0 Å². The number of aromatic nitrogens is 1. The van der Waals surface area contributed by atoms with Gasteiger partial charge in [-0.15, -0.1) is 0 Å². The van der Waals surface area contributed by atoms with E-state index in [-0.39, 0.29) is 17.9 Å². The summed E-state index contributed by atoms with van der Waals surface area (Å²) in [6, 6.07) is 9.61. The van der Waals surface area contributed by atoms with Gasteiger partial charge in [-0.25, -0.2) is 9.79 Å². The fraction of sp³-hybridized carbons (Fsp3) is 0.321. The van der Waals surface area contributed by atoms with E-state index in [0.29, 0.717) is 56.3 Å². The van der Waals surface area contributed by atoms with E-state index in [9.17, 15) is 14.7 Å². The molecule has 1 aromatic heterocycles. The van der Waals surface area contributed by atoms with E-state index < -0.39 is 12.0 Å². The maximum absolute atomic E-state index is 13.9. The van der Waals surface area contributed by atoms with Crippen LogP contribution in [0, 0.1) is 0 Å². The molecule has 200 valence electrons. The summed E-state index contributed by atoms with van der Waals surface area (Å²) in [5.41, 5.74) is 1.95. The number of thiazole rings is 1. The van der Waals surface area contributed by atoms with E-state index >= 15 is 0 Å². The summed E-state index contributed by atoms with van der Waals surface area (Å²) in [5, 5.41) is 10.1. The highest BCUT2D eigenvalue weighted by Gasteiger charge is 2.36. The minimum Gasteiger partial charge on any atom is -0.504 e. The second kappa shape index (κ2) is 12.0. The average molecular weight is 602 g/mol. The number of benzene rings is 2. The van der Waals surface area contributed by atoms with E-state index in [2.05, 4.69) is 15.9 Å². The highest BCUT2D eigenvalue weighted by Crippen LogP contribution is 2.38. The molecule has 1 aliphatic rings. The lowest BCUT2D eigenvalue weighted by Crippen LogP contribution is -2.40. The summed E-state index contributed by atoms with van der Waals surface area (Å²) in [6.45, 7) is 6.17. The number of halogens is 1. The van der Waals surface area contributed by atoms with Gasteiger partial charge in [0.1, 0.15) is 11.8 Å². The molecule has 0 saturated carbocycles. The average Bonchev–Trinajstić information content (AvgIpc) is 3.20. The van der Waals surface area contributed by atoms with Crippen molar-refractivity contribution < 1.29 is 24.1 Å². The molecule has 0 unspecified atom stereocenters. The van der Waals surface area contributed by atoms with Gasteiger partial charge in [-0.3, -0.25) is 9.36 Å². The molecule has 0 fully saturated rings. The van der Waals surface area contributed by atoms with Crippen LogP contribution in [0.3, 0.4) is 0 Å². The zero-order valence-electron chi connectivity index (χ0n) is 21.6. The van der Waals surface area contributed by atoms with Gasteiger partial charge < -0.3 is 19.3 Å². The lowest BCUT2D eigenvalue weighted by molar-refractivity contribution is -0.139. The fourth-order valence-electron chi connectivity index (χ4n) is 4.38. The smallest absolute Gasteiger partial charge is 0.338 e. The molecular formula is C28H29BrN2O6S. The molecule has 1 aliphatic heterocycles. The third-order valence-electron chi connectivity index (χ3n) is 5.96. The Balaban J connectivity index is 2.01. The molecule has 4 rings (SSSR count). The van der Waals surface area contributed by atoms with Crippen LogP contribution in [0.4, 0.5) is 0 Å². The van der Waals surface area contributed by atoms with E-state index in [1.807, 2.05) is 26.0 Å². The molecule has 0 saturated heterocycles. The lowest BCUT2D eigenvalue weighted by atomic mass is 9.93. The number of esters is 1. The number of carbonyl (C=O) groups excluding carboxylic acids is 1. The summed E-state index contributed by atoms with van der Waals surface area (Å²) in [5.74, 6) is 0.379. The van der Waals surface area contributed by atoms with E-state index in [1.54, 1.807) is 38.3 Å². The van der Waals surface area contributed by atoms with Crippen molar-refractivity contribution in [3.63, 3.8) is 0 Å². The van der Waals surface area contributed by atoms with Crippen LogP contribution >= 0.6 is 27.3 Å². The summed E-state index contributed by atoms with van der Waals surface area (Å²) in [4.78, 5) is 32.5. The Bertz CT molecular complexity index is 1570. The normalized spacial score (nSPS) is 15.2. The van der Waals surface area contributed by atoms with Crippen LogP contribution in [0.5, 0.6) is 17.2 Å². The van der Waals surface area contributed by atoms with Gasteiger partial charge >= 0.3 is 5.97 Å². The Morgan fingerprint density at radius 3 is 2.63 bits per heavy atom.